The number of hydrogen-bond donors (Lipinski definition) is 2. The second-order valence-electron chi connectivity index (χ2n) is 3.82. The van der Waals surface area contributed by atoms with Crippen LogP contribution in [0.15, 0.2) is 24.3 Å². The molecule has 0 aliphatic rings. The lowest BCUT2D eigenvalue weighted by atomic mass is 10.1. The Bertz CT molecular complexity index is 335. The number of methoxy groups -OCH3 is 1. The van der Waals surface area contributed by atoms with E-state index in [0.29, 0.717) is 13.0 Å². The number of nitrogens with two attached hydrogens (primary N) is 1. The minimum Gasteiger partial charge on any atom is -0.497 e. The number of benzene rings is 1. The third-order valence-electron chi connectivity index (χ3n) is 2.31. The van der Waals surface area contributed by atoms with Crippen molar-refractivity contribution in [3.8, 4) is 5.75 Å². The lowest BCUT2D eigenvalue weighted by molar-refractivity contribution is -0.116. The Labute approximate surface area is 95.8 Å². The first kappa shape index (κ1) is 12.5. The average molecular weight is 222 g/mol. The molecule has 16 heavy (non-hydrogen) atoms. The van der Waals surface area contributed by atoms with Gasteiger partial charge in [-0.2, -0.15) is 0 Å². The second-order valence-corrected chi connectivity index (χ2v) is 3.82. The van der Waals surface area contributed by atoms with Crippen molar-refractivity contribution in [2.75, 3.05) is 19.0 Å². The van der Waals surface area contributed by atoms with Crippen LogP contribution in [0.1, 0.15) is 13.3 Å². The minimum absolute atomic E-state index is 0.0110. The van der Waals surface area contributed by atoms with Crippen LogP contribution in [-0.2, 0) is 4.79 Å². The zero-order valence-electron chi connectivity index (χ0n) is 9.69. The summed E-state index contributed by atoms with van der Waals surface area (Å²) in [5.41, 5.74) is 6.23. The van der Waals surface area contributed by atoms with E-state index in [-0.39, 0.29) is 11.8 Å². The van der Waals surface area contributed by atoms with Gasteiger partial charge in [0.05, 0.1) is 7.11 Å². The Morgan fingerprint density at radius 3 is 2.56 bits per heavy atom. The van der Waals surface area contributed by atoms with Gasteiger partial charge in [0.1, 0.15) is 5.75 Å². The van der Waals surface area contributed by atoms with Crippen molar-refractivity contribution < 1.29 is 9.53 Å². The molecule has 1 unspecified atom stereocenters. The molecule has 0 spiro atoms. The maximum atomic E-state index is 11.5. The first-order valence-corrected chi connectivity index (χ1v) is 5.29. The summed E-state index contributed by atoms with van der Waals surface area (Å²) in [5.74, 6) is 0.967. The molecule has 0 heterocycles. The van der Waals surface area contributed by atoms with E-state index in [1.165, 1.54) is 0 Å². The number of nitrogens with one attached hydrogen (secondary N) is 1. The topological polar surface area (TPSA) is 64.3 Å². The molecule has 0 bridgehead atoms. The summed E-state index contributed by atoms with van der Waals surface area (Å²) >= 11 is 0. The molecule has 0 saturated carbocycles. The Balaban J connectivity index is 2.49. The lowest BCUT2D eigenvalue weighted by Gasteiger charge is -2.09. The predicted molar refractivity (Wildman–Crippen MR) is 64.5 cm³/mol. The summed E-state index contributed by atoms with van der Waals surface area (Å²) in [6, 6.07) is 7.23. The van der Waals surface area contributed by atoms with E-state index in [9.17, 15) is 4.79 Å². The van der Waals surface area contributed by atoms with Gasteiger partial charge in [0.2, 0.25) is 5.91 Å². The van der Waals surface area contributed by atoms with Crippen LogP contribution in [0.25, 0.3) is 0 Å². The van der Waals surface area contributed by atoms with Crippen molar-refractivity contribution in [2.24, 2.45) is 11.7 Å². The summed E-state index contributed by atoms with van der Waals surface area (Å²) < 4.78 is 5.03. The van der Waals surface area contributed by atoms with Gasteiger partial charge < -0.3 is 15.8 Å². The van der Waals surface area contributed by atoms with E-state index in [4.69, 9.17) is 10.5 Å². The Hall–Kier alpha value is -1.55. The molecule has 0 aliphatic heterocycles. The number of rotatable bonds is 5. The molecule has 0 fully saturated rings. The highest BCUT2D eigenvalue weighted by Gasteiger charge is 2.07. The van der Waals surface area contributed by atoms with Gasteiger partial charge in [-0.05, 0) is 36.7 Å². The fourth-order valence-corrected chi connectivity index (χ4v) is 1.29. The highest BCUT2D eigenvalue weighted by molar-refractivity contribution is 5.90. The molecule has 88 valence electrons. The summed E-state index contributed by atoms with van der Waals surface area (Å²) in [7, 11) is 1.61. The van der Waals surface area contributed by atoms with Gasteiger partial charge in [-0.3, -0.25) is 4.79 Å². The van der Waals surface area contributed by atoms with Crippen molar-refractivity contribution in [3.05, 3.63) is 24.3 Å². The maximum Gasteiger partial charge on any atom is 0.224 e. The van der Waals surface area contributed by atoms with E-state index < -0.39 is 0 Å². The summed E-state index contributed by atoms with van der Waals surface area (Å²) in [4.78, 5) is 11.5. The Morgan fingerprint density at radius 1 is 1.44 bits per heavy atom. The quantitative estimate of drug-likeness (QED) is 0.795. The number of carbonyl (C=O) groups excluding carboxylic acids is 1. The smallest absolute Gasteiger partial charge is 0.224 e. The maximum absolute atomic E-state index is 11.5. The average Bonchev–Trinajstić information content (AvgIpc) is 2.29. The molecule has 0 aromatic heterocycles. The third-order valence-corrected chi connectivity index (χ3v) is 2.31. The molecule has 4 nitrogen and oxygen atoms in total. The molecule has 1 aromatic carbocycles. The number of anilines is 1. The molecule has 0 radical (unpaired) electrons. The fourth-order valence-electron chi connectivity index (χ4n) is 1.29. The molecular weight excluding hydrogens is 204 g/mol. The molecule has 1 rings (SSSR count). The molecule has 3 N–H and O–H groups in total. The van der Waals surface area contributed by atoms with E-state index in [1.54, 1.807) is 7.11 Å². The monoisotopic (exact) mass is 222 g/mol. The van der Waals surface area contributed by atoms with Crippen LogP contribution < -0.4 is 15.8 Å². The molecule has 0 saturated heterocycles. The number of carbonyl (C=O) groups is 1. The van der Waals surface area contributed by atoms with E-state index in [0.717, 1.165) is 11.4 Å². The molecular formula is C12H18N2O2. The van der Waals surface area contributed by atoms with Crippen LogP contribution in [0.2, 0.25) is 0 Å². The van der Waals surface area contributed by atoms with E-state index in [2.05, 4.69) is 5.32 Å². The van der Waals surface area contributed by atoms with Crippen LogP contribution >= 0.6 is 0 Å². The third kappa shape index (κ3) is 3.90. The second kappa shape index (κ2) is 6.12. The van der Waals surface area contributed by atoms with Crippen LogP contribution in [0.4, 0.5) is 5.69 Å². The van der Waals surface area contributed by atoms with Crippen molar-refractivity contribution in [3.63, 3.8) is 0 Å². The van der Waals surface area contributed by atoms with Crippen molar-refractivity contribution >= 4 is 11.6 Å². The van der Waals surface area contributed by atoms with Gasteiger partial charge in [0.15, 0.2) is 0 Å². The van der Waals surface area contributed by atoms with Crippen molar-refractivity contribution in [1.29, 1.82) is 0 Å². The number of hydrogen-bond acceptors (Lipinski definition) is 3. The van der Waals surface area contributed by atoms with Crippen molar-refractivity contribution in [2.45, 2.75) is 13.3 Å². The largest absolute Gasteiger partial charge is 0.497 e. The van der Waals surface area contributed by atoms with Crippen LogP contribution in [0.5, 0.6) is 5.75 Å². The van der Waals surface area contributed by atoms with E-state index >= 15 is 0 Å². The number of ether oxygens (including phenoxy) is 1. The normalized spacial score (nSPS) is 11.9. The van der Waals surface area contributed by atoms with Gasteiger partial charge in [-0.1, -0.05) is 6.92 Å². The zero-order chi connectivity index (χ0) is 12.0. The van der Waals surface area contributed by atoms with Gasteiger partial charge in [-0.25, -0.2) is 0 Å². The van der Waals surface area contributed by atoms with Crippen LogP contribution in [-0.4, -0.2) is 19.6 Å². The Kier molecular flexibility index (Phi) is 4.79. The minimum atomic E-state index is -0.0110. The standard InChI is InChI=1S/C12H18N2O2/c1-9(8-13)7-12(15)14-10-3-5-11(16-2)6-4-10/h3-6,9H,7-8,13H2,1-2H3,(H,14,15). The molecule has 1 atom stereocenters. The molecule has 0 aliphatic carbocycles. The lowest BCUT2D eigenvalue weighted by Crippen LogP contribution is -2.19. The summed E-state index contributed by atoms with van der Waals surface area (Å²) in [6.45, 7) is 2.48. The number of amides is 1. The first-order chi connectivity index (χ1) is 7.65. The van der Waals surface area contributed by atoms with E-state index in [1.807, 2.05) is 31.2 Å². The first-order valence-electron chi connectivity index (χ1n) is 5.29. The predicted octanol–water partition coefficient (Wildman–Crippen LogP) is 1.62. The van der Waals surface area contributed by atoms with Crippen LogP contribution in [0.3, 0.4) is 0 Å². The Morgan fingerprint density at radius 2 is 2.06 bits per heavy atom. The van der Waals surface area contributed by atoms with Crippen LogP contribution in [0, 0.1) is 5.92 Å². The molecule has 4 heteroatoms. The summed E-state index contributed by atoms with van der Waals surface area (Å²) in [5, 5.41) is 2.81. The van der Waals surface area contributed by atoms with Gasteiger partial charge in [0.25, 0.3) is 0 Å². The molecule has 1 amide bonds. The van der Waals surface area contributed by atoms with Gasteiger partial charge in [-0.15, -0.1) is 0 Å². The van der Waals surface area contributed by atoms with Crippen molar-refractivity contribution in [1.82, 2.24) is 0 Å². The van der Waals surface area contributed by atoms with Gasteiger partial charge >= 0.3 is 0 Å². The zero-order valence-corrected chi connectivity index (χ0v) is 9.69. The molecule has 1 aromatic rings. The highest BCUT2D eigenvalue weighted by Crippen LogP contribution is 2.15. The highest BCUT2D eigenvalue weighted by atomic mass is 16.5. The fraction of sp³-hybridized carbons (Fsp3) is 0.417. The SMILES string of the molecule is COc1ccc(NC(=O)CC(C)CN)cc1. The summed E-state index contributed by atoms with van der Waals surface area (Å²) in [6.07, 6.45) is 0.447. The van der Waals surface area contributed by atoms with Gasteiger partial charge in [0, 0.05) is 12.1 Å².